The quantitative estimate of drug-likeness (QED) is 0.374. The van der Waals surface area contributed by atoms with E-state index in [1.165, 1.54) is 11.3 Å². The number of rotatable bonds is 6. The Bertz CT molecular complexity index is 1560. The van der Waals surface area contributed by atoms with Crippen molar-refractivity contribution in [1.82, 2.24) is 4.57 Å². The minimum atomic E-state index is -0.698. The normalized spacial score (nSPS) is 15.5. The lowest BCUT2D eigenvalue weighted by Crippen LogP contribution is -2.40. The highest BCUT2D eigenvalue weighted by Crippen LogP contribution is 2.35. The Kier molecular flexibility index (Phi) is 6.48. The van der Waals surface area contributed by atoms with Crippen LogP contribution < -0.4 is 19.6 Å². The second-order valence-corrected chi connectivity index (χ2v) is 9.55. The summed E-state index contributed by atoms with van der Waals surface area (Å²) in [6.07, 6.45) is 1.86. The number of hydrogen-bond donors (Lipinski definition) is 0. The lowest BCUT2D eigenvalue weighted by molar-refractivity contribution is -0.138. The molecule has 0 spiro atoms. The number of benzene rings is 2. The number of hydrogen-bond acceptors (Lipinski definition) is 7. The van der Waals surface area contributed by atoms with Crippen molar-refractivity contribution in [2.24, 2.45) is 4.99 Å². The van der Waals surface area contributed by atoms with E-state index in [1.807, 2.05) is 77.5 Å². The number of fused-ring (bicyclic) bond motifs is 1. The van der Waals surface area contributed by atoms with Crippen LogP contribution in [0, 0.1) is 0 Å². The molecule has 176 valence electrons. The minimum absolute atomic E-state index is 0.199. The molecule has 0 fully saturated rings. The fourth-order valence-corrected chi connectivity index (χ4v) is 5.67. The molecule has 0 saturated carbocycles. The van der Waals surface area contributed by atoms with E-state index in [9.17, 15) is 9.59 Å². The van der Waals surface area contributed by atoms with Gasteiger partial charge in [-0.25, -0.2) is 9.79 Å². The Balaban J connectivity index is 1.83. The predicted molar refractivity (Wildman–Crippen MR) is 138 cm³/mol. The fraction of sp³-hybridized carbons (Fsp3) is 0.148. The molecule has 0 radical (unpaired) electrons. The van der Waals surface area contributed by atoms with E-state index < -0.39 is 12.0 Å². The van der Waals surface area contributed by atoms with E-state index >= 15 is 0 Å². The molecule has 8 heteroatoms. The van der Waals surface area contributed by atoms with Crippen LogP contribution in [0.2, 0.25) is 0 Å². The summed E-state index contributed by atoms with van der Waals surface area (Å²) in [5.74, 6) is 0.187. The van der Waals surface area contributed by atoms with Gasteiger partial charge in [0.05, 0.1) is 35.6 Å². The summed E-state index contributed by atoms with van der Waals surface area (Å²) < 4.78 is 13.0. The average molecular weight is 503 g/mol. The molecular formula is C27H22N2O4S2. The van der Waals surface area contributed by atoms with Crippen LogP contribution in [-0.2, 0) is 9.53 Å². The number of methoxy groups -OCH3 is 1. The van der Waals surface area contributed by atoms with Gasteiger partial charge in [0.1, 0.15) is 5.75 Å². The summed E-state index contributed by atoms with van der Waals surface area (Å²) in [6.45, 7) is 1.97. The van der Waals surface area contributed by atoms with Gasteiger partial charge in [0.15, 0.2) is 4.80 Å². The van der Waals surface area contributed by atoms with Crippen molar-refractivity contribution >= 4 is 40.4 Å². The van der Waals surface area contributed by atoms with Crippen molar-refractivity contribution < 1.29 is 14.3 Å². The number of ether oxygens (including phenoxy) is 2. The lowest BCUT2D eigenvalue weighted by atomic mass is 9.93. The summed E-state index contributed by atoms with van der Waals surface area (Å²) in [4.78, 5) is 32.5. The van der Waals surface area contributed by atoms with Crippen molar-refractivity contribution in [3.8, 4) is 5.75 Å². The molecule has 5 rings (SSSR count). The van der Waals surface area contributed by atoms with Crippen LogP contribution in [0.25, 0.3) is 11.8 Å². The third kappa shape index (κ3) is 4.38. The molecule has 0 N–H and O–H groups in total. The molecule has 0 bridgehead atoms. The molecule has 0 amide bonds. The molecule has 1 aliphatic rings. The van der Waals surface area contributed by atoms with Gasteiger partial charge >= 0.3 is 5.97 Å². The van der Waals surface area contributed by atoms with E-state index in [2.05, 4.69) is 0 Å². The van der Waals surface area contributed by atoms with E-state index in [1.54, 1.807) is 29.9 Å². The zero-order valence-corrected chi connectivity index (χ0v) is 20.8. The van der Waals surface area contributed by atoms with Crippen LogP contribution in [0.5, 0.6) is 5.75 Å². The summed E-state index contributed by atoms with van der Waals surface area (Å²) in [6, 6.07) is 18.2. The highest BCUT2D eigenvalue weighted by atomic mass is 32.1. The molecule has 0 saturated heterocycles. The van der Waals surface area contributed by atoms with Crippen molar-refractivity contribution in [2.45, 2.75) is 13.0 Å². The first kappa shape index (κ1) is 23.0. The van der Waals surface area contributed by atoms with Crippen molar-refractivity contribution in [2.75, 3.05) is 13.7 Å². The maximum absolute atomic E-state index is 13.7. The van der Waals surface area contributed by atoms with Gasteiger partial charge in [-0.3, -0.25) is 9.36 Å². The number of carbonyl (C=O) groups is 1. The number of aromatic nitrogens is 1. The highest BCUT2D eigenvalue weighted by Gasteiger charge is 2.35. The van der Waals surface area contributed by atoms with Crippen molar-refractivity contribution in [3.63, 3.8) is 0 Å². The minimum Gasteiger partial charge on any atom is -0.497 e. The SMILES string of the molecule is CCOC(=O)C1=C(c2ccccc2)N=c2sc(=Cc3ccsc3)c(=O)n2C1c1ccc(OC)cc1. The van der Waals surface area contributed by atoms with Crippen LogP contribution in [0.15, 0.2) is 86.8 Å². The van der Waals surface area contributed by atoms with Crippen LogP contribution in [0.1, 0.15) is 29.7 Å². The van der Waals surface area contributed by atoms with E-state index in [-0.39, 0.29) is 12.2 Å². The molecule has 3 heterocycles. The topological polar surface area (TPSA) is 69.9 Å². The molecule has 2 aromatic heterocycles. The number of thiophene rings is 1. The van der Waals surface area contributed by atoms with Crippen LogP contribution >= 0.6 is 22.7 Å². The Morgan fingerprint density at radius 3 is 2.54 bits per heavy atom. The fourth-order valence-electron chi connectivity index (χ4n) is 4.05. The van der Waals surface area contributed by atoms with Crippen molar-refractivity contribution in [1.29, 1.82) is 0 Å². The van der Waals surface area contributed by atoms with Gasteiger partial charge in [0, 0.05) is 5.56 Å². The first-order valence-corrected chi connectivity index (χ1v) is 12.8. The van der Waals surface area contributed by atoms with Gasteiger partial charge in [-0.15, -0.1) is 0 Å². The molecule has 2 aromatic carbocycles. The van der Waals surface area contributed by atoms with Gasteiger partial charge in [0.2, 0.25) is 0 Å². The van der Waals surface area contributed by atoms with Crippen LogP contribution in [-0.4, -0.2) is 24.3 Å². The molecule has 4 aromatic rings. The number of thiazole rings is 1. The molecule has 35 heavy (non-hydrogen) atoms. The summed E-state index contributed by atoms with van der Waals surface area (Å²) in [7, 11) is 1.60. The third-order valence-corrected chi connectivity index (χ3v) is 7.33. The van der Waals surface area contributed by atoms with Crippen LogP contribution in [0.3, 0.4) is 0 Å². The Morgan fingerprint density at radius 1 is 1.11 bits per heavy atom. The van der Waals surface area contributed by atoms with Crippen molar-refractivity contribution in [3.05, 3.63) is 113 Å². The standard InChI is InChI=1S/C27H22N2O4S2/c1-3-33-26(31)22-23(18-7-5-4-6-8-18)28-27-29(24(22)19-9-11-20(32-2)12-10-19)25(30)21(35-27)15-17-13-14-34-16-17/h4-16,24H,3H2,1-2H3. The van der Waals surface area contributed by atoms with Gasteiger partial charge in [-0.2, -0.15) is 11.3 Å². The summed E-state index contributed by atoms with van der Waals surface area (Å²) in [5, 5.41) is 3.95. The Morgan fingerprint density at radius 2 is 1.89 bits per heavy atom. The maximum atomic E-state index is 13.7. The van der Waals surface area contributed by atoms with Gasteiger partial charge in [-0.1, -0.05) is 53.8 Å². The monoisotopic (exact) mass is 502 g/mol. The second-order valence-electron chi connectivity index (χ2n) is 7.76. The number of nitrogens with zero attached hydrogens (tertiary/aromatic N) is 2. The predicted octanol–water partition coefficient (Wildman–Crippen LogP) is 4.01. The molecular weight excluding hydrogens is 480 g/mol. The van der Waals surface area contributed by atoms with E-state index in [0.29, 0.717) is 26.4 Å². The zero-order chi connectivity index (χ0) is 24.4. The third-order valence-electron chi connectivity index (χ3n) is 5.65. The number of carbonyl (C=O) groups excluding carboxylic acids is 1. The molecule has 1 atom stereocenters. The first-order chi connectivity index (χ1) is 17.1. The molecule has 1 aliphatic heterocycles. The van der Waals surface area contributed by atoms with Gasteiger partial charge in [0.25, 0.3) is 5.56 Å². The van der Waals surface area contributed by atoms with E-state index in [4.69, 9.17) is 14.5 Å². The molecule has 0 aliphatic carbocycles. The van der Waals surface area contributed by atoms with Crippen LogP contribution in [0.4, 0.5) is 0 Å². The molecule has 1 unspecified atom stereocenters. The van der Waals surface area contributed by atoms with E-state index in [0.717, 1.165) is 16.7 Å². The van der Waals surface area contributed by atoms with Gasteiger partial charge < -0.3 is 9.47 Å². The second kappa shape index (κ2) is 9.85. The Labute approximate surface area is 209 Å². The van der Waals surface area contributed by atoms with Gasteiger partial charge in [-0.05, 0) is 53.1 Å². The first-order valence-electron chi connectivity index (χ1n) is 11.1. The average Bonchev–Trinajstić information content (AvgIpc) is 3.51. The molecule has 6 nitrogen and oxygen atoms in total. The smallest absolute Gasteiger partial charge is 0.338 e. The zero-order valence-electron chi connectivity index (χ0n) is 19.1. The number of esters is 1. The highest BCUT2D eigenvalue weighted by molar-refractivity contribution is 7.08. The lowest BCUT2D eigenvalue weighted by Gasteiger charge is -2.26. The maximum Gasteiger partial charge on any atom is 0.338 e. The largest absolute Gasteiger partial charge is 0.497 e. The summed E-state index contributed by atoms with van der Waals surface area (Å²) >= 11 is 2.88. The summed E-state index contributed by atoms with van der Waals surface area (Å²) in [5.41, 5.74) is 3.14. The Hall–Kier alpha value is -3.75.